The zero-order valence-electron chi connectivity index (χ0n) is 16.1. The second-order valence-electron chi connectivity index (χ2n) is 7.30. The van der Waals surface area contributed by atoms with Gasteiger partial charge in [-0.05, 0) is 49.9 Å². The van der Waals surface area contributed by atoms with Gasteiger partial charge in [-0.25, -0.2) is 4.98 Å². The van der Waals surface area contributed by atoms with Gasteiger partial charge in [0.25, 0.3) is 5.91 Å². The van der Waals surface area contributed by atoms with Crippen molar-refractivity contribution < 1.29 is 9.53 Å². The fourth-order valence-electron chi connectivity index (χ4n) is 3.42. The van der Waals surface area contributed by atoms with Crippen LogP contribution in [-0.4, -0.2) is 37.1 Å². The predicted octanol–water partition coefficient (Wildman–Crippen LogP) is 4.02. The van der Waals surface area contributed by atoms with E-state index in [0.717, 1.165) is 42.3 Å². The van der Waals surface area contributed by atoms with Crippen LogP contribution in [0.15, 0.2) is 48.5 Å². The highest BCUT2D eigenvalue weighted by Crippen LogP contribution is 2.31. The number of nitrogens with zero attached hydrogens (tertiary/aromatic N) is 2. The Morgan fingerprint density at radius 3 is 2.68 bits per heavy atom. The number of fused-ring (bicyclic) bond motifs is 1. The van der Waals surface area contributed by atoms with E-state index in [0.29, 0.717) is 12.5 Å². The lowest BCUT2D eigenvalue weighted by Gasteiger charge is -2.31. The Bertz CT molecular complexity index is 897. The van der Waals surface area contributed by atoms with Crippen LogP contribution in [0.4, 0.5) is 5.13 Å². The molecule has 1 aromatic heterocycles. The molecule has 1 fully saturated rings. The number of carbonyl (C=O) groups is 1. The van der Waals surface area contributed by atoms with Crippen LogP contribution < -0.4 is 15.0 Å². The van der Waals surface area contributed by atoms with Crippen LogP contribution in [0.5, 0.6) is 5.75 Å². The predicted molar refractivity (Wildman–Crippen MR) is 114 cm³/mol. The van der Waals surface area contributed by atoms with E-state index in [1.807, 2.05) is 37.3 Å². The van der Waals surface area contributed by atoms with Gasteiger partial charge in [0.1, 0.15) is 5.75 Å². The molecule has 1 saturated heterocycles. The fourth-order valence-corrected chi connectivity index (χ4v) is 4.43. The van der Waals surface area contributed by atoms with Crippen LogP contribution in [0.1, 0.15) is 18.4 Å². The zero-order chi connectivity index (χ0) is 19.3. The van der Waals surface area contributed by atoms with Gasteiger partial charge in [-0.3, -0.25) is 4.79 Å². The summed E-state index contributed by atoms with van der Waals surface area (Å²) in [5.41, 5.74) is 2.25. The van der Waals surface area contributed by atoms with Crippen LogP contribution in [0.25, 0.3) is 10.2 Å². The first-order valence-electron chi connectivity index (χ1n) is 9.74. The second-order valence-corrected chi connectivity index (χ2v) is 8.31. The van der Waals surface area contributed by atoms with Gasteiger partial charge in [0.15, 0.2) is 11.7 Å². The lowest BCUT2D eigenvalue weighted by Crippen LogP contribution is -2.39. The molecule has 2 aromatic carbocycles. The molecule has 1 aliphatic rings. The molecule has 0 atom stereocenters. The number of piperidine rings is 1. The zero-order valence-corrected chi connectivity index (χ0v) is 16.9. The average Bonchev–Trinajstić information content (AvgIpc) is 3.16. The lowest BCUT2D eigenvalue weighted by molar-refractivity contribution is -0.123. The Hall–Kier alpha value is -2.60. The fraction of sp³-hybridized carbons (Fsp3) is 0.364. The summed E-state index contributed by atoms with van der Waals surface area (Å²) >= 11 is 1.76. The van der Waals surface area contributed by atoms with Crippen LogP contribution in [0, 0.1) is 12.8 Å². The molecular formula is C22H25N3O2S. The second kappa shape index (κ2) is 8.61. The average molecular weight is 396 g/mol. The van der Waals surface area contributed by atoms with Gasteiger partial charge in [-0.1, -0.05) is 41.2 Å². The van der Waals surface area contributed by atoms with Gasteiger partial charge in [0, 0.05) is 19.6 Å². The molecule has 0 bridgehead atoms. The summed E-state index contributed by atoms with van der Waals surface area (Å²) in [6.07, 6.45) is 2.13. The smallest absolute Gasteiger partial charge is 0.257 e. The first kappa shape index (κ1) is 18.7. The Balaban J connectivity index is 1.20. The number of aromatic nitrogens is 1. The Morgan fingerprint density at radius 1 is 1.18 bits per heavy atom. The van der Waals surface area contributed by atoms with E-state index >= 15 is 0 Å². The third kappa shape index (κ3) is 4.62. The molecule has 0 unspecified atom stereocenters. The summed E-state index contributed by atoms with van der Waals surface area (Å²) in [5, 5.41) is 4.12. The first-order valence-corrected chi connectivity index (χ1v) is 10.6. The van der Waals surface area contributed by atoms with Gasteiger partial charge >= 0.3 is 0 Å². The molecule has 0 aliphatic carbocycles. The number of hydrogen-bond acceptors (Lipinski definition) is 5. The van der Waals surface area contributed by atoms with Crippen LogP contribution >= 0.6 is 11.3 Å². The summed E-state index contributed by atoms with van der Waals surface area (Å²) in [6, 6.07) is 16.0. The summed E-state index contributed by atoms with van der Waals surface area (Å²) in [7, 11) is 0. The van der Waals surface area contributed by atoms with E-state index in [1.54, 1.807) is 11.3 Å². The Morgan fingerprint density at radius 2 is 1.93 bits per heavy atom. The first-order chi connectivity index (χ1) is 13.7. The number of thiazole rings is 1. The van der Waals surface area contributed by atoms with Gasteiger partial charge in [-0.15, -0.1) is 0 Å². The van der Waals surface area contributed by atoms with Gasteiger partial charge in [0.2, 0.25) is 0 Å². The number of anilines is 1. The maximum atomic E-state index is 12.1. The van der Waals surface area contributed by atoms with Crippen molar-refractivity contribution in [3.63, 3.8) is 0 Å². The molecule has 1 aliphatic heterocycles. The van der Waals surface area contributed by atoms with Crippen molar-refractivity contribution in [1.29, 1.82) is 0 Å². The highest BCUT2D eigenvalue weighted by atomic mass is 32.1. The summed E-state index contributed by atoms with van der Waals surface area (Å²) in [4.78, 5) is 19.2. The molecular weight excluding hydrogens is 370 g/mol. The highest BCUT2D eigenvalue weighted by molar-refractivity contribution is 7.22. The number of para-hydroxylation sites is 1. The summed E-state index contributed by atoms with van der Waals surface area (Å²) in [5.74, 6) is 1.17. The third-order valence-electron chi connectivity index (χ3n) is 5.15. The van der Waals surface area contributed by atoms with Crippen molar-refractivity contribution in [2.75, 3.05) is 31.1 Å². The highest BCUT2D eigenvalue weighted by Gasteiger charge is 2.22. The van der Waals surface area contributed by atoms with Crippen molar-refractivity contribution in [2.45, 2.75) is 19.8 Å². The van der Waals surface area contributed by atoms with Crippen molar-refractivity contribution in [1.82, 2.24) is 10.3 Å². The number of hydrogen-bond donors (Lipinski definition) is 1. The number of rotatable bonds is 6. The van der Waals surface area contributed by atoms with Crippen molar-refractivity contribution in [3.05, 3.63) is 54.1 Å². The van der Waals surface area contributed by atoms with E-state index in [9.17, 15) is 4.79 Å². The molecule has 4 rings (SSSR count). The van der Waals surface area contributed by atoms with Crippen LogP contribution in [-0.2, 0) is 4.79 Å². The number of carbonyl (C=O) groups excluding carboxylic acids is 1. The monoisotopic (exact) mass is 395 g/mol. The van der Waals surface area contributed by atoms with E-state index in [2.05, 4.69) is 28.4 Å². The molecule has 1 N–H and O–H groups in total. The molecule has 0 saturated carbocycles. The molecule has 1 amide bonds. The van der Waals surface area contributed by atoms with Gasteiger partial charge in [-0.2, -0.15) is 0 Å². The Kier molecular flexibility index (Phi) is 5.76. The molecule has 0 spiro atoms. The van der Waals surface area contributed by atoms with Crippen molar-refractivity contribution >= 4 is 32.6 Å². The van der Waals surface area contributed by atoms with Crippen molar-refractivity contribution in [2.24, 2.45) is 5.92 Å². The number of ether oxygens (including phenoxy) is 1. The van der Waals surface area contributed by atoms with Crippen LogP contribution in [0.2, 0.25) is 0 Å². The van der Waals surface area contributed by atoms with Gasteiger partial charge in [0.05, 0.1) is 10.2 Å². The van der Waals surface area contributed by atoms with E-state index in [4.69, 9.17) is 9.72 Å². The maximum absolute atomic E-state index is 12.1. The van der Waals surface area contributed by atoms with Crippen LogP contribution in [0.3, 0.4) is 0 Å². The molecule has 2 heterocycles. The molecule has 0 radical (unpaired) electrons. The largest absolute Gasteiger partial charge is 0.484 e. The minimum absolute atomic E-state index is 0.0609. The van der Waals surface area contributed by atoms with Crippen molar-refractivity contribution in [3.8, 4) is 5.75 Å². The maximum Gasteiger partial charge on any atom is 0.257 e. The molecule has 28 heavy (non-hydrogen) atoms. The van der Waals surface area contributed by atoms with E-state index < -0.39 is 0 Å². The Labute approximate surface area is 169 Å². The molecule has 3 aromatic rings. The number of nitrogens with one attached hydrogen (secondary N) is 1. The third-order valence-corrected chi connectivity index (χ3v) is 6.24. The molecule has 5 nitrogen and oxygen atoms in total. The number of aryl methyl sites for hydroxylation is 1. The minimum Gasteiger partial charge on any atom is -0.484 e. The normalized spacial score (nSPS) is 15.0. The minimum atomic E-state index is -0.0609. The topological polar surface area (TPSA) is 54.5 Å². The lowest BCUT2D eigenvalue weighted by atomic mass is 9.97. The van der Waals surface area contributed by atoms with E-state index in [1.165, 1.54) is 10.3 Å². The SMILES string of the molecule is Cc1ccc(OCC(=O)NCC2CCN(c3nc4ccccc4s3)CC2)cc1. The quantitative estimate of drug-likeness (QED) is 0.685. The van der Waals surface area contributed by atoms with E-state index in [-0.39, 0.29) is 12.5 Å². The summed E-state index contributed by atoms with van der Waals surface area (Å²) in [6.45, 7) is 4.77. The molecule has 146 valence electrons. The number of amides is 1. The standard InChI is InChI=1S/C22H25N3O2S/c1-16-6-8-18(9-7-16)27-15-21(26)23-14-17-10-12-25(13-11-17)22-24-19-4-2-3-5-20(19)28-22/h2-9,17H,10-15H2,1H3,(H,23,26). The van der Waals surface area contributed by atoms with Gasteiger partial charge < -0.3 is 15.0 Å². The number of benzene rings is 2. The molecule has 6 heteroatoms. The summed E-state index contributed by atoms with van der Waals surface area (Å²) < 4.78 is 6.78.